The summed E-state index contributed by atoms with van der Waals surface area (Å²) in [7, 11) is 0. The minimum Gasteiger partial charge on any atom is -0.399 e. The maximum absolute atomic E-state index is 12.4. The fourth-order valence-electron chi connectivity index (χ4n) is 2.39. The van der Waals surface area contributed by atoms with Gasteiger partial charge in [-0.3, -0.25) is 14.5 Å². The highest BCUT2D eigenvalue weighted by molar-refractivity contribution is 6.10. The third-order valence-corrected chi connectivity index (χ3v) is 3.44. The zero-order valence-corrected chi connectivity index (χ0v) is 10.9. The molecule has 1 aliphatic heterocycles. The first kappa shape index (κ1) is 12.4. The van der Waals surface area contributed by atoms with Crippen molar-refractivity contribution in [2.24, 2.45) is 0 Å². The van der Waals surface area contributed by atoms with Crippen LogP contribution in [0.2, 0.25) is 0 Å². The minimum absolute atomic E-state index is 0.170. The number of benzene rings is 2. The van der Waals surface area contributed by atoms with Gasteiger partial charge >= 0.3 is 0 Å². The van der Waals surface area contributed by atoms with E-state index in [0.29, 0.717) is 17.8 Å². The van der Waals surface area contributed by atoms with Gasteiger partial charge in [-0.2, -0.15) is 0 Å². The molecule has 0 spiro atoms. The molecule has 3 rings (SSSR count). The number of carbonyl (C=O) groups excluding carboxylic acids is 2. The average Bonchev–Trinajstić information content (AvgIpc) is 2.46. The van der Waals surface area contributed by atoms with Gasteiger partial charge in [-0.05, 0) is 23.3 Å². The molecular formula is C16H14N2O2. The topological polar surface area (TPSA) is 63.4 Å². The summed E-state index contributed by atoms with van der Waals surface area (Å²) in [6, 6.07) is 14.6. The van der Waals surface area contributed by atoms with Crippen molar-refractivity contribution in [3.05, 3.63) is 65.2 Å². The molecule has 1 heterocycles. The van der Waals surface area contributed by atoms with E-state index >= 15 is 0 Å². The summed E-state index contributed by atoms with van der Waals surface area (Å²) in [5.74, 6) is -0.441. The second kappa shape index (κ2) is 4.81. The first-order valence-electron chi connectivity index (χ1n) is 6.42. The maximum atomic E-state index is 12.4. The first-order chi connectivity index (χ1) is 9.65. The predicted molar refractivity (Wildman–Crippen MR) is 75.9 cm³/mol. The van der Waals surface area contributed by atoms with Crippen molar-refractivity contribution < 1.29 is 9.59 Å². The normalized spacial score (nSPS) is 14.3. The van der Waals surface area contributed by atoms with Crippen molar-refractivity contribution in [1.82, 2.24) is 4.90 Å². The second-order valence-electron chi connectivity index (χ2n) is 4.86. The fourth-order valence-corrected chi connectivity index (χ4v) is 2.39. The third kappa shape index (κ3) is 2.16. The number of fused-ring (bicyclic) bond motifs is 1. The van der Waals surface area contributed by atoms with Crippen LogP contribution in [0.15, 0.2) is 48.5 Å². The maximum Gasteiger partial charge on any atom is 0.261 e. The standard InChI is InChI=1S/C16H14N2O2/c17-13-7-6-12-8-15(19)18(16(20)14(12)9-13)10-11-4-2-1-3-5-11/h1-7,9H,8,10,17H2. The van der Waals surface area contributed by atoms with E-state index in [9.17, 15) is 9.59 Å². The van der Waals surface area contributed by atoms with Crippen LogP contribution in [-0.2, 0) is 17.8 Å². The van der Waals surface area contributed by atoms with Gasteiger partial charge in [0, 0.05) is 11.3 Å². The number of nitrogen functional groups attached to an aromatic ring is 1. The van der Waals surface area contributed by atoms with Crippen molar-refractivity contribution in [2.45, 2.75) is 13.0 Å². The Morgan fingerprint density at radius 3 is 2.55 bits per heavy atom. The molecule has 0 unspecified atom stereocenters. The van der Waals surface area contributed by atoms with Crippen molar-refractivity contribution in [3.63, 3.8) is 0 Å². The second-order valence-corrected chi connectivity index (χ2v) is 4.86. The van der Waals surface area contributed by atoms with E-state index < -0.39 is 0 Å². The van der Waals surface area contributed by atoms with Crippen LogP contribution in [0, 0.1) is 0 Å². The minimum atomic E-state index is -0.271. The highest BCUT2D eigenvalue weighted by Crippen LogP contribution is 2.23. The van der Waals surface area contributed by atoms with Gasteiger partial charge in [-0.15, -0.1) is 0 Å². The zero-order valence-electron chi connectivity index (χ0n) is 10.9. The lowest BCUT2D eigenvalue weighted by Crippen LogP contribution is -2.41. The van der Waals surface area contributed by atoms with E-state index in [4.69, 9.17) is 5.73 Å². The molecule has 0 fully saturated rings. The van der Waals surface area contributed by atoms with Crippen LogP contribution >= 0.6 is 0 Å². The van der Waals surface area contributed by atoms with Gasteiger partial charge in [0.2, 0.25) is 5.91 Å². The van der Waals surface area contributed by atoms with E-state index in [1.54, 1.807) is 18.2 Å². The number of imide groups is 1. The average molecular weight is 266 g/mol. The Balaban J connectivity index is 1.94. The van der Waals surface area contributed by atoms with Crippen LogP contribution in [0.4, 0.5) is 5.69 Å². The van der Waals surface area contributed by atoms with Gasteiger partial charge in [0.15, 0.2) is 0 Å². The number of amides is 2. The van der Waals surface area contributed by atoms with Gasteiger partial charge in [-0.1, -0.05) is 36.4 Å². The van der Waals surface area contributed by atoms with Crippen molar-refractivity contribution in [2.75, 3.05) is 5.73 Å². The molecule has 0 bridgehead atoms. The molecule has 2 N–H and O–H groups in total. The molecule has 20 heavy (non-hydrogen) atoms. The number of hydrogen-bond acceptors (Lipinski definition) is 3. The summed E-state index contributed by atoms with van der Waals surface area (Å²) < 4.78 is 0. The molecule has 0 aromatic heterocycles. The zero-order chi connectivity index (χ0) is 14.1. The first-order valence-corrected chi connectivity index (χ1v) is 6.42. The van der Waals surface area contributed by atoms with Crippen LogP contribution in [0.1, 0.15) is 21.5 Å². The fraction of sp³-hybridized carbons (Fsp3) is 0.125. The predicted octanol–water partition coefficient (Wildman–Crippen LogP) is 1.99. The van der Waals surface area contributed by atoms with E-state index in [0.717, 1.165) is 11.1 Å². The Hall–Kier alpha value is -2.62. The summed E-state index contributed by atoms with van der Waals surface area (Å²) in [5, 5.41) is 0. The molecule has 0 aliphatic carbocycles. The lowest BCUT2D eigenvalue weighted by Gasteiger charge is -2.27. The number of anilines is 1. The Labute approximate surface area is 116 Å². The quantitative estimate of drug-likeness (QED) is 0.668. The molecule has 0 atom stereocenters. The molecule has 2 amide bonds. The number of nitrogens with zero attached hydrogens (tertiary/aromatic N) is 1. The largest absolute Gasteiger partial charge is 0.399 e. The SMILES string of the molecule is Nc1ccc2c(c1)C(=O)N(Cc1ccccc1)C(=O)C2. The van der Waals surface area contributed by atoms with Crippen molar-refractivity contribution >= 4 is 17.5 Å². The monoisotopic (exact) mass is 266 g/mol. The molecule has 0 saturated carbocycles. The number of hydrogen-bond donors (Lipinski definition) is 1. The molecular weight excluding hydrogens is 252 g/mol. The highest BCUT2D eigenvalue weighted by Gasteiger charge is 2.30. The molecule has 2 aromatic carbocycles. The molecule has 100 valence electrons. The lowest BCUT2D eigenvalue weighted by atomic mass is 9.97. The summed E-state index contributed by atoms with van der Waals surface area (Å²) in [5.41, 5.74) is 8.46. The van der Waals surface area contributed by atoms with Gasteiger partial charge in [0.05, 0.1) is 13.0 Å². The summed E-state index contributed by atoms with van der Waals surface area (Å²) in [6.45, 7) is 0.298. The molecule has 4 nitrogen and oxygen atoms in total. The van der Waals surface area contributed by atoms with E-state index in [1.165, 1.54) is 4.90 Å². The number of rotatable bonds is 2. The molecule has 4 heteroatoms. The summed E-state index contributed by atoms with van der Waals surface area (Å²) in [6.07, 6.45) is 0.244. The molecule has 2 aromatic rings. The summed E-state index contributed by atoms with van der Waals surface area (Å²) in [4.78, 5) is 25.9. The Morgan fingerprint density at radius 1 is 1.05 bits per heavy atom. The summed E-state index contributed by atoms with van der Waals surface area (Å²) >= 11 is 0. The Kier molecular flexibility index (Phi) is 2.99. The van der Waals surface area contributed by atoms with E-state index in [-0.39, 0.29) is 18.2 Å². The Morgan fingerprint density at radius 2 is 1.80 bits per heavy atom. The van der Waals surface area contributed by atoms with Crippen LogP contribution in [0.3, 0.4) is 0 Å². The Bertz CT molecular complexity index is 680. The van der Waals surface area contributed by atoms with Gasteiger partial charge in [0.25, 0.3) is 5.91 Å². The third-order valence-electron chi connectivity index (χ3n) is 3.44. The van der Waals surface area contributed by atoms with Gasteiger partial charge < -0.3 is 5.73 Å². The van der Waals surface area contributed by atoms with Gasteiger partial charge in [0.1, 0.15) is 0 Å². The van der Waals surface area contributed by atoms with Crippen LogP contribution in [0.25, 0.3) is 0 Å². The molecule has 0 saturated heterocycles. The number of nitrogens with two attached hydrogens (primary N) is 1. The number of carbonyl (C=O) groups is 2. The smallest absolute Gasteiger partial charge is 0.261 e. The van der Waals surface area contributed by atoms with Crippen LogP contribution in [0.5, 0.6) is 0 Å². The molecule has 1 aliphatic rings. The van der Waals surface area contributed by atoms with Gasteiger partial charge in [-0.25, -0.2) is 0 Å². The van der Waals surface area contributed by atoms with E-state index in [1.807, 2.05) is 30.3 Å². The van der Waals surface area contributed by atoms with Crippen molar-refractivity contribution in [1.29, 1.82) is 0 Å². The van der Waals surface area contributed by atoms with E-state index in [2.05, 4.69) is 0 Å². The van der Waals surface area contributed by atoms with Crippen LogP contribution < -0.4 is 5.73 Å². The van der Waals surface area contributed by atoms with Crippen LogP contribution in [-0.4, -0.2) is 16.7 Å². The van der Waals surface area contributed by atoms with Crippen molar-refractivity contribution in [3.8, 4) is 0 Å². The lowest BCUT2D eigenvalue weighted by molar-refractivity contribution is -0.128. The highest BCUT2D eigenvalue weighted by atomic mass is 16.2. The molecule has 0 radical (unpaired) electrons.